The molecule has 0 bridgehead atoms. The predicted octanol–water partition coefficient (Wildman–Crippen LogP) is 4.71. The largest absolute Gasteiger partial charge is 0.416 e. The van der Waals surface area contributed by atoms with Gasteiger partial charge in [0.05, 0.1) is 11.6 Å². The van der Waals surface area contributed by atoms with Crippen LogP contribution in [0.1, 0.15) is 40.3 Å². The van der Waals surface area contributed by atoms with E-state index in [4.69, 9.17) is 0 Å². The minimum Gasteiger partial charge on any atom is -0.315 e. The first-order chi connectivity index (χ1) is 12.4. The smallest absolute Gasteiger partial charge is 0.315 e. The highest BCUT2D eigenvalue weighted by Crippen LogP contribution is 2.40. The summed E-state index contributed by atoms with van der Waals surface area (Å²) in [5.74, 6) is 0. The van der Waals surface area contributed by atoms with E-state index in [1.807, 2.05) is 26.0 Å². The van der Waals surface area contributed by atoms with Crippen LogP contribution in [0.3, 0.4) is 0 Å². The lowest BCUT2D eigenvalue weighted by atomic mass is 9.89. The summed E-state index contributed by atoms with van der Waals surface area (Å²) in [6.45, 7) is 7.18. The summed E-state index contributed by atoms with van der Waals surface area (Å²) in [5, 5.41) is 3.34. The van der Waals surface area contributed by atoms with E-state index in [-0.39, 0.29) is 0 Å². The van der Waals surface area contributed by atoms with Crippen molar-refractivity contribution in [3.63, 3.8) is 0 Å². The Hall–Kier alpha value is -1.85. The molecule has 1 fully saturated rings. The van der Waals surface area contributed by atoms with Gasteiger partial charge in [0.1, 0.15) is 0 Å². The predicted molar refractivity (Wildman–Crippen MR) is 98.3 cm³/mol. The second-order valence-electron chi connectivity index (χ2n) is 6.99. The molecule has 0 radical (unpaired) electrons. The summed E-state index contributed by atoms with van der Waals surface area (Å²) in [6, 6.07) is 11.6. The van der Waals surface area contributed by atoms with Gasteiger partial charge in [0.25, 0.3) is 0 Å². The van der Waals surface area contributed by atoms with Crippen LogP contribution in [0.4, 0.5) is 13.2 Å². The molecule has 1 saturated heterocycles. The lowest BCUT2D eigenvalue weighted by Crippen LogP contribution is -2.34. The lowest BCUT2D eigenvalue weighted by Gasteiger charge is -2.34. The lowest BCUT2D eigenvalue weighted by molar-refractivity contribution is -0.138. The van der Waals surface area contributed by atoms with E-state index in [9.17, 15) is 13.2 Å². The molecule has 0 spiro atoms. The van der Waals surface area contributed by atoms with Crippen LogP contribution in [0, 0.1) is 13.8 Å². The van der Waals surface area contributed by atoms with Crippen LogP contribution in [0.5, 0.6) is 0 Å². The van der Waals surface area contributed by atoms with Gasteiger partial charge in [-0.1, -0.05) is 42.0 Å². The minimum atomic E-state index is -4.36. The van der Waals surface area contributed by atoms with Gasteiger partial charge in [-0.3, -0.25) is 4.90 Å². The van der Waals surface area contributed by atoms with E-state index in [0.29, 0.717) is 5.56 Å². The number of hydrogen-bond donors (Lipinski definition) is 1. The summed E-state index contributed by atoms with van der Waals surface area (Å²) < 4.78 is 41.1. The number of rotatable bonds is 3. The fraction of sp³-hybridized carbons (Fsp3) is 0.429. The molecule has 5 heteroatoms. The summed E-state index contributed by atoms with van der Waals surface area (Å²) in [7, 11) is 0. The fourth-order valence-electron chi connectivity index (χ4n) is 3.81. The Labute approximate surface area is 153 Å². The van der Waals surface area contributed by atoms with E-state index in [1.54, 1.807) is 12.1 Å². The maximum Gasteiger partial charge on any atom is 0.416 e. The molecular weight excluding hydrogens is 337 g/mol. The molecule has 2 aromatic rings. The van der Waals surface area contributed by atoms with E-state index >= 15 is 0 Å². The quantitative estimate of drug-likeness (QED) is 0.851. The van der Waals surface area contributed by atoms with Crippen molar-refractivity contribution in [3.05, 3.63) is 70.3 Å². The zero-order valence-corrected chi connectivity index (χ0v) is 15.2. The first-order valence-electron chi connectivity index (χ1n) is 9.06. The Balaban J connectivity index is 2.15. The maximum atomic E-state index is 13.7. The third-order valence-corrected chi connectivity index (χ3v) is 5.02. The van der Waals surface area contributed by atoms with Crippen LogP contribution < -0.4 is 5.32 Å². The van der Waals surface area contributed by atoms with Gasteiger partial charge in [-0.25, -0.2) is 0 Å². The molecule has 3 rings (SSSR count). The van der Waals surface area contributed by atoms with Gasteiger partial charge in [0.15, 0.2) is 0 Å². The molecule has 1 atom stereocenters. The number of halogens is 3. The van der Waals surface area contributed by atoms with Crippen LogP contribution in [-0.2, 0) is 6.18 Å². The number of benzene rings is 2. The van der Waals surface area contributed by atoms with Crippen LogP contribution in [0.15, 0.2) is 42.5 Å². The molecule has 26 heavy (non-hydrogen) atoms. The normalized spacial score (nSPS) is 17.7. The van der Waals surface area contributed by atoms with Crippen molar-refractivity contribution in [3.8, 4) is 0 Å². The van der Waals surface area contributed by atoms with Crippen molar-refractivity contribution < 1.29 is 13.2 Å². The molecule has 2 aromatic carbocycles. The van der Waals surface area contributed by atoms with E-state index in [0.717, 1.165) is 49.3 Å². The van der Waals surface area contributed by atoms with E-state index in [1.165, 1.54) is 12.1 Å². The van der Waals surface area contributed by atoms with Gasteiger partial charge in [0, 0.05) is 19.6 Å². The molecule has 1 heterocycles. The summed E-state index contributed by atoms with van der Waals surface area (Å²) in [5.41, 5.74) is 2.90. The van der Waals surface area contributed by atoms with Crippen molar-refractivity contribution in [1.29, 1.82) is 0 Å². The third kappa shape index (κ3) is 4.10. The van der Waals surface area contributed by atoms with Gasteiger partial charge >= 0.3 is 6.18 Å². The molecule has 0 aromatic heterocycles. The van der Waals surface area contributed by atoms with E-state index < -0.39 is 17.8 Å². The number of hydrogen-bond acceptors (Lipinski definition) is 2. The second-order valence-corrected chi connectivity index (χ2v) is 6.99. The first-order valence-corrected chi connectivity index (χ1v) is 9.06. The number of nitrogens with one attached hydrogen (secondary N) is 1. The highest BCUT2D eigenvalue weighted by atomic mass is 19.4. The van der Waals surface area contributed by atoms with Crippen LogP contribution in [-0.4, -0.2) is 31.1 Å². The topological polar surface area (TPSA) is 15.3 Å². The van der Waals surface area contributed by atoms with Crippen molar-refractivity contribution >= 4 is 0 Å². The highest BCUT2D eigenvalue weighted by molar-refractivity contribution is 5.43. The van der Waals surface area contributed by atoms with Gasteiger partial charge in [0.2, 0.25) is 0 Å². The standard InChI is InChI=1S/C21H25F3N2/c1-15-8-9-17(16(2)14-15)20(26-12-5-10-25-11-13-26)18-6-3-4-7-19(18)21(22,23)24/h3-4,6-9,14,20,25H,5,10-13H2,1-2H3. The van der Waals surface area contributed by atoms with Gasteiger partial charge in [-0.2, -0.15) is 13.2 Å². The van der Waals surface area contributed by atoms with Gasteiger partial charge < -0.3 is 5.32 Å². The minimum absolute atomic E-state index is 0.342. The average Bonchev–Trinajstić information content (AvgIpc) is 2.86. The van der Waals surface area contributed by atoms with Crippen LogP contribution in [0.25, 0.3) is 0 Å². The summed E-state index contributed by atoms with van der Waals surface area (Å²) in [6.07, 6.45) is -3.44. The highest BCUT2D eigenvalue weighted by Gasteiger charge is 2.37. The van der Waals surface area contributed by atoms with Crippen molar-refractivity contribution in [2.45, 2.75) is 32.5 Å². The zero-order valence-electron chi connectivity index (χ0n) is 15.2. The number of alkyl halides is 3. The van der Waals surface area contributed by atoms with Gasteiger partial charge in [-0.05, 0) is 49.6 Å². The average molecular weight is 362 g/mol. The Kier molecular flexibility index (Phi) is 5.68. The molecule has 1 aliphatic rings. The Morgan fingerprint density at radius 1 is 0.962 bits per heavy atom. The Morgan fingerprint density at radius 3 is 2.46 bits per heavy atom. The fourth-order valence-corrected chi connectivity index (χ4v) is 3.81. The SMILES string of the molecule is Cc1ccc(C(c2ccccc2C(F)(F)F)N2CCCNCC2)c(C)c1. The third-order valence-electron chi connectivity index (χ3n) is 5.02. The Bertz CT molecular complexity index is 747. The second kappa shape index (κ2) is 7.80. The van der Waals surface area contributed by atoms with Crippen molar-refractivity contribution in [1.82, 2.24) is 10.2 Å². The Morgan fingerprint density at radius 2 is 1.73 bits per heavy atom. The molecule has 1 N–H and O–H groups in total. The molecule has 1 unspecified atom stereocenters. The van der Waals surface area contributed by atoms with Crippen molar-refractivity contribution in [2.24, 2.45) is 0 Å². The summed E-state index contributed by atoms with van der Waals surface area (Å²) in [4.78, 5) is 2.18. The van der Waals surface area contributed by atoms with Crippen LogP contribution in [0.2, 0.25) is 0 Å². The first kappa shape index (κ1) is 18.9. The van der Waals surface area contributed by atoms with Gasteiger partial charge in [-0.15, -0.1) is 0 Å². The molecule has 140 valence electrons. The molecule has 0 aliphatic carbocycles. The monoisotopic (exact) mass is 362 g/mol. The number of nitrogens with zero attached hydrogens (tertiary/aromatic N) is 1. The van der Waals surface area contributed by atoms with Crippen molar-refractivity contribution in [2.75, 3.05) is 26.2 Å². The molecule has 0 amide bonds. The number of aryl methyl sites for hydroxylation is 2. The van der Waals surface area contributed by atoms with E-state index in [2.05, 4.69) is 16.3 Å². The molecule has 0 saturated carbocycles. The van der Waals surface area contributed by atoms with Crippen LogP contribution >= 0.6 is 0 Å². The summed E-state index contributed by atoms with van der Waals surface area (Å²) >= 11 is 0. The zero-order chi connectivity index (χ0) is 18.7. The molecule has 1 aliphatic heterocycles. The molecular formula is C21H25F3N2. The molecule has 2 nitrogen and oxygen atoms in total. The maximum absolute atomic E-state index is 13.7.